The molecule has 1 unspecified atom stereocenters. The van der Waals surface area contributed by atoms with Gasteiger partial charge in [-0.3, -0.25) is 4.79 Å². The van der Waals surface area contributed by atoms with Crippen molar-refractivity contribution in [2.75, 3.05) is 17.2 Å². The second-order valence-corrected chi connectivity index (χ2v) is 5.49. The third kappa shape index (κ3) is 4.56. The van der Waals surface area contributed by atoms with Crippen LogP contribution in [0.1, 0.15) is 30.6 Å². The lowest BCUT2D eigenvalue weighted by Crippen LogP contribution is -2.33. The van der Waals surface area contributed by atoms with Crippen molar-refractivity contribution in [3.8, 4) is 0 Å². The largest absolute Gasteiger partial charge is 0.399 e. The molecule has 0 heterocycles. The fourth-order valence-corrected chi connectivity index (χ4v) is 2.30. The average Bonchev–Trinajstić information content (AvgIpc) is 2.32. The first kappa shape index (κ1) is 14.8. The minimum absolute atomic E-state index is 0.00462. The highest BCUT2D eigenvalue weighted by molar-refractivity contribution is 7.99. The molecule has 0 fully saturated rings. The van der Waals surface area contributed by atoms with Gasteiger partial charge in [0.2, 0.25) is 0 Å². The molecule has 3 nitrogen and oxygen atoms in total. The first-order valence-electron chi connectivity index (χ1n) is 5.98. The lowest BCUT2D eigenvalue weighted by molar-refractivity contribution is 0.0935. The minimum Gasteiger partial charge on any atom is -0.399 e. The molecule has 0 saturated carbocycles. The fraction of sp³-hybridized carbons (Fsp3) is 0.462. The standard InChI is InChI=1S/C13H19FN2OS/c1-3-18-7-6-9(2)16-13(17)11-8-10(15)4-5-12(11)14/h4-5,8-9H,3,6-7,15H2,1-2H3,(H,16,17). The van der Waals surface area contributed by atoms with Crippen molar-refractivity contribution in [3.63, 3.8) is 0 Å². The number of nitrogens with two attached hydrogens (primary N) is 1. The minimum atomic E-state index is -0.545. The van der Waals surface area contributed by atoms with Crippen LogP contribution in [0.15, 0.2) is 18.2 Å². The van der Waals surface area contributed by atoms with E-state index in [2.05, 4.69) is 12.2 Å². The van der Waals surface area contributed by atoms with Crippen LogP contribution in [-0.4, -0.2) is 23.5 Å². The Morgan fingerprint density at radius 3 is 2.94 bits per heavy atom. The molecule has 5 heteroatoms. The Labute approximate surface area is 111 Å². The topological polar surface area (TPSA) is 55.1 Å². The molecule has 1 aromatic carbocycles. The summed E-state index contributed by atoms with van der Waals surface area (Å²) in [7, 11) is 0. The normalized spacial score (nSPS) is 12.2. The predicted octanol–water partition coefficient (Wildman–Crippen LogP) is 2.67. The molecule has 18 heavy (non-hydrogen) atoms. The molecule has 0 aliphatic rings. The van der Waals surface area contributed by atoms with Gasteiger partial charge in [0, 0.05) is 11.7 Å². The summed E-state index contributed by atoms with van der Waals surface area (Å²) >= 11 is 1.82. The summed E-state index contributed by atoms with van der Waals surface area (Å²) in [5.41, 5.74) is 5.93. The Morgan fingerprint density at radius 1 is 1.56 bits per heavy atom. The van der Waals surface area contributed by atoms with E-state index in [1.807, 2.05) is 18.7 Å². The van der Waals surface area contributed by atoms with Crippen LogP contribution in [0.5, 0.6) is 0 Å². The van der Waals surface area contributed by atoms with Crippen LogP contribution in [0, 0.1) is 5.82 Å². The Balaban J connectivity index is 2.56. The molecule has 0 saturated heterocycles. The number of thioether (sulfide) groups is 1. The van der Waals surface area contributed by atoms with E-state index in [1.165, 1.54) is 18.2 Å². The molecule has 1 amide bonds. The van der Waals surface area contributed by atoms with Crippen LogP contribution in [0.4, 0.5) is 10.1 Å². The van der Waals surface area contributed by atoms with Gasteiger partial charge in [-0.2, -0.15) is 11.8 Å². The molecular formula is C13H19FN2OS. The number of hydrogen-bond acceptors (Lipinski definition) is 3. The molecular weight excluding hydrogens is 251 g/mol. The van der Waals surface area contributed by atoms with Crippen molar-refractivity contribution in [1.82, 2.24) is 5.32 Å². The van der Waals surface area contributed by atoms with Gasteiger partial charge in [-0.25, -0.2) is 4.39 Å². The van der Waals surface area contributed by atoms with Crippen LogP contribution in [0.2, 0.25) is 0 Å². The van der Waals surface area contributed by atoms with Crippen LogP contribution >= 0.6 is 11.8 Å². The predicted molar refractivity (Wildman–Crippen MR) is 75.4 cm³/mol. The first-order valence-corrected chi connectivity index (χ1v) is 7.13. The van der Waals surface area contributed by atoms with E-state index in [4.69, 9.17) is 5.73 Å². The molecule has 100 valence electrons. The lowest BCUT2D eigenvalue weighted by atomic mass is 10.1. The van der Waals surface area contributed by atoms with Gasteiger partial charge in [0.05, 0.1) is 5.56 Å². The maximum Gasteiger partial charge on any atom is 0.254 e. The number of amides is 1. The number of hydrogen-bond donors (Lipinski definition) is 2. The highest BCUT2D eigenvalue weighted by atomic mass is 32.2. The molecule has 0 spiro atoms. The van der Waals surface area contributed by atoms with Gasteiger partial charge in [-0.05, 0) is 43.0 Å². The van der Waals surface area contributed by atoms with Crippen LogP contribution in [0.3, 0.4) is 0 Å². The number of halogens is 1. The van der Waals surface area contributed by atoms with E-state index in [-0.39, 0.29) is 11.6 Å². The Kier molecular flexibility index (Phi) is 5.98. The van der Waals surface area contributed by atoms with Crippen molar-refractivity contribution < 1.29 is 9.18 Å². The fourth-order valence-electron chi connectivity index (χ4n) is 1.50. The van der Waals surface area contributed by atoms with Gasteiger partial charge < -0.3 is 11.1 Å². The van der Waals surface area contributed by atoms with Gasteiger partial charge in [0.1, 0.15) is 5.82 Å². The van der Waals surface area contributed by atoms with Crippen LogP contribution in [-0.2, 0) is 0 Å². The molecule has 1 rings (SSSR count). The number of carbonyl (C=O) groups is 1. The second kappa shape index (κ2) is 7.26. The summed E-state index contributed by atoms with van der Waals surface area (Å²) in [6.45, 7) is 4.01. The Morgan fingerprint density at radius 2 is 2.28 bits per heavy atom. The summed E-state index contributed by atoms with van der Waals surface area (Å²) in [4.78, 5) is 11.8. The van der Waals surface area contributed by atoms with Crippen molar-refractivity contribution in [1.29, 1.82) is 0 Å². The molecule has 0 bridgehead atoms. The third-order valence-corrected chi connectivity index (χ3v) is 3.44. The number of benzene rings is 1. The van der Waals surface area contributed by atoms with Gasteiger partial charge >= 0.3 is 0 Å². The molecule has 0 aliphatic carbocycles. The molecule has 1 atom stereocenters. The first-order chi connectivity index (χ1) is 8.54. The highest BCUT2D eigenvalue weighted by Gasteiger charge is 2.14. The van der Waals surface area contributed by atoms with E-state index >= 15 is 0 Å². The summed E-state index contributed by atoms with van der Waals surface area (Å²) < 4.78 is 13.5. The van der Waals surface area contributed by atoms with Crippen molar-refractivity contribution in [2.45, 2.75) is 26.3 Å². The van der Waals surface area contributed by atoms with Crippen LogP contribution in [0.25, 0.3) is 0 Å². The zero-order valence-corrected chi connectivity index (χ0v) is 11.5. The quantitative estimate of drug-likeness (QED) is 0.617. The van der Waals surface area contributed by atoms with E-state index in [1.54, 1.807) is 0 Å². The molecule has 0 radical (unpaired) electrons. The Hall–Kier alpha value is -1.23. The van der Waals surface area contributed by atoms with Gasteiger partial charge in [0.25, 0.3) is 5.91 Å². The zero-order chi connectivity index (χ0) is 13.5. The number of anilines is 1. The number of carbonyl (C=O) groups excluding carboxylic acids is 1. The van der Waals surface area contributed by atoms with E-state index in [0.29, 0.717) is 5.69 Å². The van der Waals surface area contributed by atoms with Crippen LogP contribution < -0.4 is 11.1 Å². The van der Waals surface area contributed by atoms with Crippen molar-refractivity contribution in [3.05, 3.63) is 29.6 Å². The third-order valence-electron chi connectivity index (χ3n) is 2.51. The molecule has 0 aliphatic heterocycles. The SMILES string of the molecule is CCSCCC(C)NC(=O)c1cc(N)ccc1F. The van der Waals surface area contributed by atoms with E-state index in [0.717, 1.165) is 17.9 Å². The van der Waals surface area contributed by atoms with Gasteiger partial charge in [-0.1, -0.05) is 6.92 Å². The summed E-state index contributed by atoms with van der Waals surface area (Å²) in [6, 6.07) is 4.03. The monoisotopic (exact) mass is 270 g/mol. The number of nitrogen functional groups attached to an aromatic ring is 1. The van der Waals surface area contributed by atoms with E-state index in [9.17, 15) is 9.18 Å². The lowest BCUT2D eigenvalue weighted by Gasteiger charge is -2.14. The summed E-state index contributed by atoms with van der Waals surface area (Å²) in [5, 5.41) is 2.78. The highest BCUT2D eigenvalue weighted by Crippen LogP contribution is 2.12. The summed E-state index contributed by atoms with van der Waals surface area (Å²) in [5.74, 6) is 1.09. The number of rotatable bonds is 6. The second-order valence-electron chi connectivity index (χ2n) is 4.10. The van der Waals surface area contributed by atoms with Crippen molar-refractivity contribution in [2.24, 2.45) is 0 Å². The maximum absolute atomic E-state index is 13.5. The molecule has 1 aromatic rings. The average molecular weight is 270 g/mol. The number of nitrogens with one attached hydrogen (secondary N) is 1. The summed E-state index contributed by atoms with van der Waals surface area (Å²) in [6.07, 6.45) is 0.869. The van der Waals surface area contributed by atoms with Crippen molar-refractivity contribution >= 4 is 23.4 Å². The smallest absolute Gasteiger partial charge is 0.254 e. The zero-order valence-electron chi connectivity index (χ0n) is 10.7. The molecule has 3 N–H and O–H groups in total. The Bertz CT molecular complexity index is 412. The maximum atomic E-state index is 13.5. The van der Waals surface area contributed by atoms with Gasteiger partial charge in [-0.15, -0.1) is 0 Å². The van der Waals surface area contributed by atoms with E-state index < -0.39 is 11.7 Å². The van der Waals surface area contributed by atoms with Gasteiger partial charge in [0.15, 0.2) is 0 Å². The molecule has 0 aromatic heterocycles.